The van der Waals surface area contributed by atoms with Crippen molar-refractivity contribution in [3.8, 4) is 0 Å². The average Bonchev–Trinajstić information content (AvgIpc) is 3.29. The Morgan fingerprint density at radius 2 is 0.866 bits per heavy atom. The number of aliphatic hydroxyl groups is 1. The van der Waals surface area contributed by atoms with E-state index in [4.69, 9.17) is 9.05 Å². The zero-order valence-electron chi connectivity index (χ0n) is 44.6. The van der Waals surface area contributed by atoms with Gasteiger partial charge in [0.15, 0.2) is 0 Å². The van der Waals surface area contributed by atoms with Gasteiger partial charge in [-0.25, -0.2) is 4.57 Å². The zero-order chi connectivity index (χ0) is 49.2. The molecule has 0 aliphatic carbocycles. The molecular weight excluding hydrogens is 852 g/mol. The van der Waals surface area contributed by atoms with E-state index >= 15 is 0 Å². The van der Waals surface area contributed by atoms with Gasteiger partial charge in [-0.3, -0.25) is 13.8 Å². The molecule has 0 aromatic carbocycles. The Balaban J connectivity index is 4.11. The van der Waals surface area contributed by atoms with E-state index in [1.54, 1.807) is 6.08 Å². The molecule has 0 aliphatic heterocycles. The van der Waals surface area contributed by atoms with Gasteiger partial charge in [0, 0.05) is 6.42 Å². The molecule has 9 heteroatoms. The number of unbranched alkanes of at least 4 members (excludes halogenated alkanes) is 30. The summed E-state index contributed by atoms with van der Waals surface area (Å²) in [5.74, 6) is -0.187. The fraction of sp³-hybridized carbons (Fsp3) is 0.810. The van der Waals surface area contributed by atoms with Gasteiger partial charge < -0.3 is 19.8 Å². The second-order valence-electron chi connectivity index (χ2n) is 20.3. The Morgan fingerprint density at radius 3 is 1.30 bits per heavy atom. The van der Waals surface area contributed by atoms with Crippen LogP contribution in [0.25, 0.3) is 0 Å². The Bertz CT molecular complexity index is 1270. The van der Waals surface area contributed by atoms with Gasteiger partial charge in [-0.1, -0.05) is 235 Å². The first-order valence-corrected chi connectivity index (χ1v) is 29.7. The third-order valence-corrected chi connectivity index (χ3v) is 13.4. The fourth-order valence-corrected chi connectivity index (χ4v) is 8.74. The largest absolute Gasteiger partial charge is 0.472 e. The highest BCUT2D eigenvalue weighted by atomic mass is 31.2. The maximum absolute atomic E-state index is 12.9. The summed E-state index contributed by atoms with van der Waals surface area (Å²) < 4.78 is 23.6. The monoisotopic (exact) mass is 962 g/mol. The maximum atomic E-state index is 12.9. The number of nitrogens with one attached hydrogen (secondary N) is 1. The third kappa shape index (κ3) is 51.9. The van der Waals surface area contributed by atoms with E-state index in [0.717, 1.165) is 51.4 Å². The molecule has 3 unspecified atom stereocenters. The number of amides is 1. The number of phosphoric ester groups is 1. The van der Waals surface area contributed by atoms with Crippen LogP contribution >= 0.6 is 7.82 Å². The normalized spacial score (nSPS) is 14.4. The van der Waals surface area contributed by atoms with Crippen molar-refractivity contribution in [3.63, 3.8) is 0 Å². The molecule has 0 spiro atoms. The topological polar surface area (TPSA) is 105 Å². The van der Waals surface area contributed by atoms with Gasteiger partial charge in [0.25, 0.3) is 0 Å². The molecule has 0 radical (unpaired) electrons. The minimum atomic E-state index is -4.35. The lowest BCUT2D eigenvalue weighted by Crippen LogP contribution is -2.45. The van der Waals surface area contributed by atoms with Crippen LogP contribution in [0.1, 0.15) is 251 Å². The number of phosphoric acid groups is 1. The van der Waals surface area contributed by atoms with Crippen molar-refractivity contribution in [1.82, 2.24) is 5.32 Å². The molecule has 0 bridgehead atoms. The summed E-state index contributed by atoms with van der Waals surface area (Å²) in [4.78, 5) is 23.2. The Morgan fingerprint density at radius 1 is 0.507 bits per heavy atom. The molecule has 3 atom stereocenters. The molecule has 0 fully saturated rings. The average molecular weight is 962 g/mol. The predicted molar refractivity (Wildman–Crippen MR) is 290 cm³/mol. The third-order valence-electron chi connectivity index (χ3n) is 12.5. The van der Waals surface area contributed by atoms with Crippen LogP contribution in [0, 0.1) is 0 Å². The molecule has 0 saturated carbocycles. The predicted octanol–water partition coefficient (Wildman–Crippen LogP) is 16.9. The van der Waals surface area contributed by atoms with Crippen molar-refractivity contribution in [2.24, 2.45) is 0 Å². The van der Waals surface area contributed by atoms with E-state index in [1.165, 1.54) is 180 Å². The lowest BCUT2D eigenvalue weighted by Gasteiger charge is -2.25. The smallest absolute Gasteiger partial charge is 0.387 e. The van der Waals surface area contributed by atoms with Crippen molar-refractivity contribution in [1.29, 1.82) is 0 Å². The summed E-state index contributed by atoms with van der Waals surface area (Å²) in [7, 11) is 1.55. The van der Waals surface area contributed by atoms with Crippen LogP contribution < -0.4 is 5.32 Å². The number of quaternary nitrogens is 1. The first-order valence-electron chi connectivity index (χ1n) is 28.2. The second kappa shape index (κ2) is 49.2. The summed E-state index contributed by atoms with van der Waals surface area (Å²) in [5, 5.41) is 13.9. The Hall–Kier alpha value is -1.80. The molecule has 0 aromatic rings. The molecule has 0 heterocycles. The molecule has 67 heavy (non-hydrogen) atoms. The quantitative estimate of drug-likeness (QED) is 0.0243. The van der Waals surface area contributed by atoms with Crippen LogP contribution in [0.2, 0.25) is 0 Å². The lowest BCUT2D eigenvalue weighted by atomic mass is 10.0. The molecule has 1 amide bonds. The standard InChI is InChI=1S/C58H109N2O6P/c1-6-8-10-12-14-16-18-20-22-23-24-25-26-27-28-29-30-31-32-33-34-35-36-37-38-40-42-44-46-48-50-52-58(62)59-56(55-66-67(63,64)65-54-53-60(3,4)5)57(61)51-49-47-45-43-41-39-21-19-17-15-13-11-9-7-2/h18,20,23-24,26-27,41,43,49,51,56-57,61H,6-17,19,21-22,25,28-40,42,44-48,50,52-55H2,1-5H3,(H-,59,62,63,64)/p+1/b20-18-,24-23-,27-26-,43-41+,51-49+. The van der Waals surface area contributed by atoms with Crippen LogP contribution in [0.15, 0.2) is 60.8 Å². The number of hydrogen-bond acceptors (Lipinski definition) is 5. The van der Waals surface area contributed by atoms with Gasteiger partial charge in [-0.05, 0) is 70.6 Å². The van der Waals surface area contributed by atoms with Crippen LogP contribution in [0.4, 0.5) is 0 Å². The van der Waals surface area contributed by atoms with E-state index < -0.39 is 20.0 Å². The van der Waals surface area contributed by atoms with Gasteiger partial charge in [-0.15, -0.1) is 0 Å². The Labute approximate surface area is 415 Å². The summed E-state index contributed by atoms with van der Waals surface area (Å²) >= 11 is 0. The Kier molecular flexibility index (Phi) is 47.9. The van der Waals surface area contributed by atoms with Crippen LogP contribution in [-0.4, -0.2) is 73.4 Å². The van der Waals surface area contributed by atoms with Gasteiger partial charge in [-0.2, -0.15) is 0 Å². The molecule has 0 rings (SSSR count). The van der Waals surface area contributed by atoms with Crippen LogP contribution in [-0.2, 0) is 18.4 Å². The molecule has 392 valence electrons. The first-order chi connectivity index (χ1) is 32.5. The number of hydrogen-bond donors (Lipinski definition) is 3. The highest BCUT2D eigenvalue weighted by Crippen LogP contribution is 2.43. The van der Waals surface area contributed by atoms with E-state index in [0.29, 0.717) is 17.4 Å². The fourth-order valence-electron chi connectivity index (χ4n) is 8.01. The van der Waals surface area contributed by atoms with E-state index in [1.807, 2.05) is 27.2 Å². The number of likely N-dealkylation sites (N-methyl/N-ethyl adjacent to an activating group) is 1. The minimum Gasteiger partial charge on any atom is -0.387 e. The number of rotatable bonds is 51. The lowest BCUT2D eigenvalue weighted by molar-refractivity contribution is -0.870. The second-order valence-corrected chi connectivity index (χ2v) is 21.8. The molecule has 8 nitrogen and oxygen atoms in total. The van der Waals surface area contributed by atoms with Crippen molar-refractivity contribution in [2.45, 2.75) is 264 Å². The first kappa shape index (κ1) is 65.2. The minimum absolute atomic E-state index is 0.0553. The number of carbonyl (C=O) groups excluding carboxylic acids is 1. The molecule has 0 aromatic heterocycles. The number of carbonyl (C=O) groups is 1. The summed E-state index contributed by atoms with van der Waals surface area (Å²) in [6, 6.07) is -0.864. The summed E-state index contributed by atoms with van der Waals surface area (Å²) in [6.45, 7) is 4.78. The number of allylic oxidation sites excluding steroid dienone is 9. The maximum Gasteiger partial charge on any atom is 0.472 e. The highest BCUT2D eigenvalue weighted by molar-refractivity contribution is 7.47. The van der Waals surface area contributed by atoms with Gasteiger partial charge >= 0.3 is 7.82 Å². The number of aliphatic hydroxyl groups excluding tert-OH is 1. The summed E-state index contributed by atoms with van der Waals surface area (Å²) in [6.07, 6.45) is 66.1. The molecule has 3 N–H and O–H groups in total. The SMILES string of the molecule is CCCCCCC/C=C\C/C=C\C/C=C\CCCCCCCCCCCCCCCCCCC(=O)NC(COP(=O)(O)OCC[N+](C)(C)C)C(O)/C=C/CC/C=C/CCCCCCCCCC. The number of nitrogens with zero attached hydrogens (tertiary/aromatic N) is 1. The van der Waals surface area contributed by atoms with E-state index in [9.17, 15) is 19.4 Å². The van der Waals surface area contributed by atoms with Crippen LogP contribution in [0.3, 0.4) is 0 Å². The molecular formula is C58H110N2O6P+. The van der Waals surface area contributed by atoms with Crippen molar-refractivity contribution < 1.29 is 32.9 Å². The summed E-state index contributed by atoms with van der Waals surface area (Å²) in [5.41, 5.74) is 0. The van der Waals surface area contributed by atoms with Gasteiger partial charge in [0.1, 0.15) is 13.2 Å². The zero-order valence-corrected chi connectivity index (χ0v) is 45.5. The van der Waals surface area contributed by atoms with Crippen molar-refractivity contribution >= 4 is 13.7 Å². The van der Waals surface area contributed by atoms with Gasteiger partial charge in [0.2, 0.25) is 5.91 Å². The highest BCUT2D eigenvalue weighted by Gasteiger charge is 2.27. The molecule has 0 saturated heterocycles. The van der Waals surface area contributed by atoms with Crippen molar-refractivity contribution in [3.05, 3.63) is 60.8 Å². The van der Waals surface area contributed by atoms with Crippen molar-refractivity contribution in [2.75, 3.05) is 40.9 Å². The van der Waals surface area contributed by atoms with Gasteiger partial charge in [0.05, 0.1) is 39.9 Å². The molecule has 0 aliphatic rings. The van der Waals surface area contributed by atoms with Crippen LogP contribution in [0.5, 0.6) is 0 Å². The van der Waals surface area contributed by atoms with E-state index in [2.05, 4.69) is 67.8 Å². The van der Waals surface area contributed by atoms with E-state index in [-0.39, 0.29) is 19.1 Å².